The standard InChI is InChI=1S/C9H14N4O3/c10-6(8(14)15)5-13-9(16)12-4-2-1-3-7(12)11-13/h6H,1-5,10H2,(H,14,15). The van der Waals surface area contributed by atoms with Crippen molar-refractivity contribution in [2.24, 2.45) is 5.73 Å². The van der Waals surface area contributed by atoms with E-state index in [1.807, 2.05) is 0 Å². The van der Waals surface area contributed by atoms with E-state index in [1.54, 1.807) is 4.57 Å². The predicted molar refractivity (Wildman–Crippen MR) is 55.0 cm³/mol. The molecule has 0 saturated carbocycles. The molecule has 1 aliphatic heterocycles. The zero-order valence-electron chi connectivity index (χ0n) is 8.80. The first-order valence-corrected chi connectivity index (χ1v) is 5.24. The highest BCUT2D eigenvalue weighted by Gasteiger charge is 2.20. The molecule has 16 heavy (non-hydrogen) atoms. The average molecular weight is 226 g/mol. The van der Waals surface area contributed by atoms with Crippen LogP contribution < -0.4 is 11.4 Å². The second kappa shape index (κ2) is 4.09. The first-order chi connectivity index (χ1) is 7.59. The maximum absolute atomic E-state index is 11.8. The molecule has 7 nitrogen and oxygen atoms in total. The van der Waals surface area contributed by atoms with Crippen LogP contribution in [0, 0.1) is 0 Å². The molecule has 0 aliphatic carbocycles. The number of aliphatic carboxylic acids is 1. The van der Waals surface area contributed by atoms with Crippen molar-refractivity contribution < 1.29 is 9.90 Å². The van der Waals surface area contributed by atoms with Crippen LogP contribution >= 0.6 is 0 Å². The smallest absolute Gasteiger partial charge is 0.345 e. The fourth-order valence-corrected chi connectivity index (χ4v) is 1.83. The van der Waals surface area contributed by atoms with Gasteiger partial charge in [0.2, 0.25) is 0 Å². The van der Waals surface area contributed by atoms with Crippen molar-refractivity contribution in [1.29, 1.82) is 0 Å². The topological polar surface area (TPSA) is 103 Å². The molecule has 0 bridgehead atoms. The number of hydrogen-bond donors (Lipinski definition) is 2. The SMILES string of the molecule is NC(Cn1nc2n(c1=O)CCCC2)C(=O)O. The maximum atomic E-state index is 11.8. The van der Waals surface area contributed by atoms with Gasteiger partial charge < -0.3 is 10.8 Å². The molecule has 2 rings (SSSR count). The predicted octanol–water partition coefficient (Wildman–Crippen LogP) is -1.21. The number of carboxylic acid groups (broad SMARTS) is 1. The van der Waals surface area contributed by atoms with Gasteiger partial charge in [0.1, 0.15) is 11.9 Å². The molecule has 1 atom stereocenters. The second-order valence-electron chi connectivity index (χ2n) is 3.93. The van der Waals surface area contributed by atoms with Gasteiger partial charge in [0.25, 0.3) is 0 Å². The van der Waals surface area contributed by atoms with Crippen molar-refractivity contribution in [2.45, 2.75) is 38.4 Å². The molecule has 0 spiro atoms. The van der Waals surface area contributed by atoms with Gasteiger partial charge in [-0.05, 0) is 12.8 Å². The molecule has 1 unspecified atom stereocenters. The summed E-state index contributed by atoms with van der Waals surface area (Å²) in [7, 11) is 0. The van der Waals surface area contributed by atoms with E-state index in [9.17, 15) is 9.59 Å². The third-order valence-electron chi connectivity index (χ3n) is 2.72. The monoisotopic (exact) mass is 226 g/mol. The molecule has 1 aliphatic rings. The van der Waals surface area contributed by atoms with Crippen LogP contribution in [0.5, 0.6) is 0 Å². The molecule has 0 amide bonds. The molecule has 3 N–H and O–H groups in total. The zero-order chi connectivity index (χ0) is 11.7. The summed E-state index contributed by atoms with van der Waals surface area (Å²) in [5.74, 6) is -0.397. The summed E-state index contributed by atoms with van der Waals surface area (Å²) in [6, 6.07) is -1.09. The van der Waals surface area contributed by atoms with Crippen molar-refractivity contribution in [3.63, 3.8) is 0 Å². The fraction of sp³-hybridized carbons (Fsp3) is 0.667. The molecule has 0 saturated heterocycles. The number of rotatable bonds is 3. The van der Waals surface area contributed by atoms with Gasteiger partial charge in [0.15, 0.2) is 0 Å². The molecule has 0 fully saturated rings. The van der Waals surface area contributed by atoms with E-state index in [0.29, 0.717) is 6.54 Å². The third-order valence-corrected chi connectivity index (χ3v) is 2.72. The van der Waals surface area contributed by atoms with Crippen LogP contribution in [0.1, 0.15) is 18.7 Å². The van der Waals surface area contributed by atoms with Crippen LogP contribution in [0.2, 0.25) is 0 Å². The number of fused-ring (bicyclic) bond motifs is 1. The minimum absolute atomic E-state index is 0.0752. The molecule has 88 valence electrons. The van der Waals surface area contributed by atoms with Gasteiger partial charge in [-0.15, -0.1) is 0 Å². The van der Waals surface area contributed by atoms with Crippen molar-refractivity contribution in [3.05, 3.63) is 16.3 Å². The summed E-state index contributed by atoms with van der Waals surface area (Å²) in [5, 5.41) is 12.8. The molecule has 0 radical (unpaired) electrons. The number of aromatic nitrogens is 3. The molecular weight excluding hydrogens is 212 g/mol. The van der Waals surface area contributed by atoms with Gasteiger partial charge in [-0.25, -0.2) is 9.48 Å². The van der Waals surface area contributed by atoms with Gasteiger partial charge in [-0.3, -0.25) is 9.36 Å². The van der Waals surface area contributed by atoms with E-state index in [4.69, 9.17) is 10.8 Å². The van der Waals surface area contributed by atoms with Crippen molar-refractivity contribution in [2.75, 3.05) is 0 Å². The Hall–Kier alpha value is -1.63. The van der Waals surface area contributed by atoms with E-state index < -0.39 is 12.0 Å². The van der Waals surface area contributed by atoms with Crippen molar-refractivity contribution >= 4 is 5.97 Å². The lowest BCUT2D eigenvalue weighted by molar-refractivity contribution is -0.138. The number of nitrogens with zero attached hydrogens (tertiary/aromatic N) is 3. The Morgan fingerprint density at radius 3 is 2.94 bits per heavy atom. The average Bonchev–Trinajstić information content (AvgIpc) is 2.56. The van der Waals surface area contributed by atoms with Crippen LogP contribution in [0.25, 0.3) is 0 Å². The lowest BCUT2D eigenvalue weighted by Crippen LogP contribution is -2.39. The van der Waals surface area contributed by atoms with Gasteiger partial charge in [-0.1, -0.05) is 0 Å². The number of nitrogens with two attached hydrogens (primary N) is 1. The Balaban J connectivity index is 2.26. The summed E-state index contributed by atoms with van der Waals surface area (Å²) in [4.78, 5) is 22.4. The van der Waals surface area contributed by atoms with E-state index in [2.05, 4.69) is 5.10 Å². The van der Waals surface area contributed by atoms with Crippen LogP contribution in [0.4, 0.5) is 0 Å². The Kier molecular flexibility index (Phi) is 2.78. The largest absolute Gasteiger partial charge is 0.480 e. The Bertz CT molecular complexity index is 462. The number of carboxylic acids is 1. The second-order valence-corrected chi connectivity index (χ2v) is 3.93. The lowest BCUT2D eigenvalue weighted by atomic mass is 10.2. The summed E-state index contributed by atoms with van der Waals surface area (Å²) >= 11 is 0. The van der Waals surface area contributed by atoms with Gasteiger partial charge in [-0.2, -0.15) is 5.10 Å². The van der Waals surface area contributed by atoms with Gasteiger partial charge in [0, 0.05) is 13.0 Å². The normalized spacial score (nSPS) is 16.8. The number of hydrogen-bond acceptors (Lipinski definition) is 4. The molecule has 7 heteroatoms. The van der Waals surface area contributed by atoms with Crippen molar-refractivity contribution in [3.8, 4) is 0 Å². The molecule has 2 heterocycles. The third kappa shape index (κ3) is 1.85. The zero-order valence-corrected chi connectivity index (χ0v) is 8.80. The number of carbonyl (C=O) groups is 1. The minimum Gasteiger partial charge on any atom is -0.480 e. The first-order valence-electron chi connectivity index (χ1n) is 5.24. The summed E-state index contributed by atoms with van der Waals surface area (Å²) in [6.07, 6.45) is 2.75. The highest BCUT2D eigenvalue weighted by atomic mass is 16.4. The van der Waals surface area contributed by atoms with Gasteiger partial charge >= 0.3 is 11.7 Å². The van der Waals surface area contributed by atoms with Crippen LogP contribution in [-0.2, 0) is 24.3 Å². The van der Waals surface area contributed by atoms with Crippen LogP contribution in [0.15, 0.2) is 4.79 Å². The van der Waals surface area contributed by atoms with E-state index in [0.717, 1.165) is 29.8 Å². The first kappa shape index (κ1) is 10.9. The Morgan fingerprint density at radius 1 is 1.56 bits per heavy atom. The molecule has 1 aromatic heterocycles. The molecular formula is C9H14N4O3. The highest BCUT2D eigenvalue weighted by Crippen LogP contribution is 2.09. The maximum Gasteiger partial charge on any atom is 0.345 e. The van der Waals surface area contributed by atoms with E-state index in [-0.39, 0.29) is 12.2 Å². The van der Waals surface area contributed by atoms with E-state index in [1.165, 1.54) is 0 Å². The Labute approximate surface area is 91.5 Å². The summed E-state index contributed by atoms with van der Waals surface area (Å²) in [6.45, 7) is 0.588. The molecule has 1 aromatic rings. The van der Waals surface area contributed by atoms with Gasteiger partial charge in [0.05, 0.1) is 6.54 Å². The lowest BCUT2D eigenvalue weighted by Gasteiger charge is -2.09. The van der Waals surface area contributed by atoms with Crippen LogP contribution in [-0.4, -0.2) is 31.5 Å². The minimum atomic E-state index is -1.13. The van der Waals surface area contributed by atoms with Crippen LogP contribution in [0.3, 0.4) is 0 Å². The molecule has 0 aromatic carbocycles. The van der Waals surface area contributed by atoms with E-state index >= 15 is 0 Å². The quantitative estimate of drug-likeness (QED) is 0.673. The van der Waals surface area contributed by atoms with Crippen molar-refractivity contribution in [1.82, 2.24) is 14.3 Å². The summed E-state index contributed by atoms with van der Waals surface area (Å²) in [5.41, 5.74) is 5.11. The number of aryl methyl sites for hydroxylation is 1. The highest BCUT2D eigenvalue weighted by molar-refractivity contribution is 5.72. The Morgan fingerprint density at radius 2 is 2.31 bits per heavy atom. The fourth-order valence-electron chi connectivity index (χ4n) is 1.83. The summed E-state index contributed by atoms with van der Waals surface area (Å²) < 4.78 is 2.75.